The van der Waals surface area contributed by atoms with Gasteiger partial charge in [0.05, 0.1) is 56.5 Å². The van der Waals surface area contributed by atoms with Gasteiger partial charge in [0.15, 0.2) is 29.4 Å². The first-order chi connectivity index (χ1) is 41.8. The van der Waals surface area contributed by atoms with Crippen molar-refractivity contribution in [3.63, 3.8) is 0 Å². The van der Waals surface area contributed by atoms with Crippen LogP contribution in [0, 0.1) is 37.5 Å². The van der Waals surface area contributed by atoms with E-state index < -0.39 is 36.1 Å². The predicted molar refractivity (Wildman–Crippen MR) is 339 cm³/mol. The van der Waals surface area contributed by atoms with E-state index >= 15 is 0 Å². The molecule has 21 nitrogen and oxygen atoms in total. The summed E-state index contributed by atoms with van der Waals surface area (Å²) in [4.78, 5) is 84.3. The summed E-state index contributed by atoms with van der Waals surface area (Å²) >= 11 is 3.19. The fraction of sp³-hybridized carbons (Fsp3) is 0.554. The number of benzene rings is 2. The van der Waals surface area contributed by atoms with Crippen molar-refractivity contribution in [2.75, 3.05) is 63.3 Å². The molecule has 476 valence electrons. The highest BCUT2D eigenvalue weighted by atomic mass is 32.1. The number of anilines is 2. The van der Waals surface area contributed by atoms with Crippen LogP contribution in [-0.4, -0.2) is 154 Å². The molecule has 4 fully saturated rings. The van der Waals surface area contributed by atoms with Crippen LogP contribution >= 0.6 is 22.7 Å². The number of rotatable bonds is 20. The molecule has 0 bridgehead atoms. The van der Waals surface area contributed by atoms with E-state index in [1.807, 2.05) is 121 Å². The molecule has 0 aliphatic carbocycles. The Morgan fingerprint density at radius 2 is 1.01 bits per heavy atom. The SMILES string of the molecule is C.COC(OC)C1CCN(c2cc([C@H](C(=O)N3C[C@H](O)C[C@H]3C(=O)N[C@@H](C)c3ccc(-c4scnc4C)cc3)C(C)C)on2)CC1.Cc1ncsc1-c1ccc([C@H](C)NC(=O)[C@@H]2C[C@@H](O)CN2C(=O)[C@@H](c2cc(N3CCC(C=O)CC3)no2)C(C)C)cc1. The Balaban J connectivity index is 0.000000226. The summed E-state index contributed by atoms with van der Waals surface area (Å²) in [6, 6.07) is 17.6. The number of carbonyl (C=O) groups is 5. The lowest BCUT2D eigenvalue weighted by molar-refractivity contribution is -0.141. The minimum Gasteiger partial charge on any atom is -0.391 e. The number of aliphatic hydroxyl groups is 2. The van der Waals surface area contributed by atoms with E-state index in [2.05, 4.69) is 40.7 Å². The molecule has 4 saturated heterocycles. The van der Waals surface area contributed by atoms with Gasteiger partial charge in [-0.15, -0.1) is 22.7 Å². The number of nitrogens with one attached hydrogen (secondary N) is 2. The number of amides is 4. The summed E-state index contributed by atoms with van der Waals surface area (Å²) < 4.78 is 22.4. The number of likely N-dealkylation sites (tertiary alicyclic amines) is 2. The highest BCUT2D eigenvalue weighted by Gasteiger charge is 2.46. The Labute approximate surface area is 524 Å². The monoisotopic (exact) mass is 1250 g/mol. The van der Waals surface area contributed by atoms with Gasteiger partial charge in [0.2, 0.25) is 23.6 Å². The lowest BCUT2D eigenvalue weighted by Crippen LogP contribution is -2.48. The molecule has 4 aliphatic rings. The number of hydrogen-bond acceptors (Lipinski definition) is 19. The van der Waals surface area contributed by atoms with E-state index in [1.54, 1.807) is 43.0 Å². The summed E-state index contributed by atoms with van der Waals surface area (Å²) in [5.41, 5.74) is 9.69. The van der Waals surface area contributed by atoms with E-state index in [4.69, 9.17) is 18.5 Å². The molecular formula is C65H88N10O11S2. The molecule has 8 atom stereocenters. The van der Waals surface area contributed by atoms with Gasteiger partial charge in [0.25, 0.3) is 0 Å². The van der Waals surface area contributed by atoms with Crippen LogP contribution in [0.1, 0.15) is 145 Å². The molecule has 4 N–H and O–H groups in total. The van der Waals surface area contributed by atoms with Crippen LogP contribution in [0.3, 0.4) is 0 Å². The van der Waals surface area contributed by atoms with Crippen molar-refractivity contribution in [2.24, 2.45) is 23.7 Å². The maximum atomic E-state index is 14.1. The van der Waals surface area contributed by atoms with Gasteiger partial charge in [-0.2, -0.15) is 0 Å². The van der Waals surface area contributed by atoms with Crippen molar-refractivity contribution < 1.29 is 52.7 Å². The normalized spacial score (nSPS) is 20.6. The summed E-state index contributed by atoms with van der Waals surface area (Å²) in [6.07, 6.45) is 2.84. The van der Waals surface area contributed by atoms with Gasteiger partial charge in [-0.1, -0.05) is 94.0 Å². The average Bonchev–Trinajstić information content (AvgIpc) is 3.12. The van der Waals surface area contributed by atoms with Gasteiger partial charge in [0.1, 0.15) is 30.2 Å². The van der Waals surface area contributed by atoms with Crippen molar-refractivity contribution in [3.8, 4) is 20.9 Å². The topological polar surface area (TPSA) is 259 Å². The maximum absolute atomic E-state index is 14.1. The Bertz CT molecular complexity index is 3250. The second kappa shape index (κ2) is 30.1. The van der Waals surface area contributed by atoms with Crippen LogP contribution in [0.2, 0.25) is 0 Å². The van der Waals surface area contributed by atoms with Crippen LogP contribution in [0.4, 0.5) is 11.6 Å². The summed E-state index contributed by atoms with van der Waals surface area (Å²) in [6.45, 7) is 18.7. The van der Waals surface area contributed by atoms with Crippen LogP contribution in [0.5, 0.6) is 0 Å². The number of aromatic nitrogens is 4. The van der Waals surface area contributed by atoms with Crippen molar-refractivity contribution >= 4 is 64.2 Å². The molecule has 0 spiro atoms. The number of hydrogen-bond donors (Lipinski definition) is 4. The van der Waals surface area contributed by atoms with E-state index in [0.717, 1.165) is 88.5 Å². The molecule has 4 amide bonds. The zero-order valence-corrected chi connectivity index (χ0v) is 53.1. The Morgan fingerprint density at radius 3 is 1.35 bits per heavy atom. The number of aryl methyl sites for hydroxylation is 2. The summed E-state index contributed by atoms with van der Waals surface area (Å²) in [5.74, 6) is -0.0313. The molecule has 6 aromatic rings. The number of carbonyl (C=O) groups excluding carboxylic acids is 5. The van der Waals surface area contributed by atoms with E-state index in [0.29, 0.717) is 42.2 Å². The van der Waals surface area contributed by atoms with Gasteiger partial charge in [-0.25, -0.2) is 9.97 Å². The van der Waals surface area contributed by atoms with Gasteiger partial charge >= 0.3 is 0 Å². The standard InChI is InChI=1S/C33H45N5O6S.C31H39N5O5S.CH4/c1-19(2)29(27-16-28(36-44-27)37-13-11-24(12-14-37)33(42-5)43-6)32(41)38-17-25(39)15-26(38)31(40)35-20(3)22-7-9-23(10-8-22)30-21(4)34-18-45-30;1-18(2)28(26-14-27(34-41-26)35-11-9-21(16-37)10-12-35)31(40)36-15-24(38)13-25(36)30(39)33-19(3)22-5-7-23(8-6-22)29-20(4)32-17-42-29;/h7-10,16,18-20,24-26,29,33,39H,11-15,17H2,1-6H3,(H,35,40);5-8,14,16-19,21,24-25,28,38H,9-13,15H2,1-4H3,(H,33,39);1H4/t20-,25+,26-,29+;19-,24+,25-,28+;/m00./s1. The largest absolute Gasteiger partial charge is 0.391 e. The number of thiazole rings is 2. The smallest absolute Gasteiger partial charge is 0.243 e. The summed E-state index contributed by atoms with van der Waals surface area (Å²) in [5, 5.41) is 35.8. The first-order valence-electron chi connectivity index (χ1n) is 30.3. The van der Waals surface area contributed by atoms with Crippen LogP contribution < -0.4 is 20.4 Å². The number of nitrogens with zero attached hydrogens (tertiary/aromatic N) is 8. The molecular weight excluding hydrogens is 1160 g/mol. The molecule has 8 heterocycles. The molecule has 88 heavy (non-hydrogen) atoms. The van der Waals surface area contributed by atoms with Crippen LogP contribution in [0.15, 0.2) is 80.7 Å². The van der Waals surface area contributed by atoms with E-state index in [9.17, 15) is 34.2 Å². The second-order valence-corrected chi connectivity index (χ2v) is 26.0. The van der Waals surface area contributed by atoms with Crippen molar-refractivity contribution in [2.45, 2.75) is 156 Å². The molecule has 4 aromatic heterocycles. The van der Waals surface area contributed by atoms with Crippen molar-refractivity contribution in [1.29, 1.82) is 0 Å². The minimum absolute atomic E-state index is 0. The summed E-state index contributed by atoms with van der Waals surface area (Å²) in [7, 11) is 3.32. The maximum Gasteiger partial charge on any atom is 0.243 e. The highest BCUT2D eigenvalue weighted by molar-refractivity contribution is 7.13. The second-order valence-electron chi connectivity index (χ2n) is 24.3. The first kappa shape index (κ1) is 67.0. The molecule has 0 saturated carbocycles. The fourth-order valence-electron chi connectivity index (χ4n) is 12.5. The first-order valence-corrected chi connectivity index (χ1v) is 32.1. The number of methoxy groups -OCH3 is 2. The lowest BCUT2D eigenvalue weighted by Gasteiger charge is -2.34. The molecule has 0 radical (unpaired) electrons. The molecule has 2 aromatic carbocycles. The van der Waals surface area contributed by atoms with Gasteiger partial charge in [0, 0.05) is 90.3 Å². The zero-order chi connectivity index (χ0) is 62.2. The number of ether oxygens (including phenoxy) is 2. The van der Waals surface area contributed by atoms with Crippen molar-refractivity contribution in [3.05, 3.63) is 106 Å². The molecule has 23 heteroatoms. The average molecular weight is 1250 g/mol. The third-order valence-corrected chi connectivity index (χ3v) is 19.5. The predicted octanol–water partition coefficient (Wildman–Crippen LogP) is 9.26. The molecule has 4 aliphatic heterocycles. The Hall–Kier alpha value is -6.89. The number of aldehydes is 1. The number of aliphatic hydroxyl groups excluding tert-OH is 2. The van der Waals surface area contributed by atoms with Crippen LogP contribution in [0.25, 0.3) is 20.9 Å². The third-order valence-electron chi connectivity index (χ3n) is 17.6. The van der Waals surface area contributed by atoms with Gasteiger partial charge in [-0.3, -0.25) is 19.2 Å². The van der Waals surface area contributed by atoms with Crippen molar-refractivity contribution in [1.82, 2.24) is 40.7 Å². The number of piperidine rings is 2. The van der Waals surface area contributed by atoms with Gasteiger partial charge in [-0.05, 0) is 87.5 Å². The quantitative estimate of drug-likeness (QED) is 0.0410. The molecule has 10 rings (SSSR count). The van der Waals surface area contributed by atoms with E-state index in [1.165, 1.54) is 9.80 Å². The Kier molecular flexibility index (Phi) is 22.9. The number of β-amino-alcohol motifs (C(OH)–C–C–N with tert-alkyl or cyclic N) is 2. The third kappa shape index (κ3) is 15.4. The minimum atomic E-state index is -0.792. The van der Waals surface area contributed by atoms with Crippen LogP contribution in [-0.2, 0) is 33.4 Å². The fourth-order valence-corrected chi connectivity index (χ4v) is 14.1. The highest BCUT2D eigenvalue weighted by Crippen LogP contribution is 2.37. The van der Waals surface area contributed by atoms with E-state index in [-0.39, 0.29) is 93.1 Å². The molecule has 0 unspecified atom stereocenters. The Morgan fingerprint density at radius 1 is 0.625 bits per heavy atom. The zero-order valence-electron chi connectivity index (χ0n) is 51.5. The van der Waals surface area contributed by atoms with Gasteiger partial charge < -0.3 is 63.8 Å². The lowest BCUT2D eigenvalue weighted by atomic mass is 9.91.